The van der Waals surface area contributed by atoms with Crippen molar-refractivity contribution in [3.63, 3.8) is 0 Å². The van der Waals surface area contributed by atoms with Gasteiger partial charge in [-0.15, -0.1) is 0 Å². The summed E-state index contributed by atoms with van der Waals surface area (Å²) in [6.07, 6.45) is 2.44. The molecule has 1 aromatic rings. The molecule has 1 aliphatic carbocycles. The molecule has 2 heteroatoms. The van der Waals surface area contributed by atoms with Gasteiger partial charge in [0.05, 0.1) is 15.2 Å². The zero-order chi connectivity index (χ0) is 11.9. The highest BCUT2D eigenvalue weighted by molar-refractivity contribution is 6.78. The molecule has 16 heavy (non-hydrogen) atoms. The Labute approximate surface area is 99.2 Å². The molecule has 0 bridgehead atoms. The van der Waals surface area contributed by atoms with Gasteiger partial charge in [0.1, 0.15) is 5.75 Å². The molecule has 2 rings (SSSR count). The highest BCUT2D eigenvalue weighted by Gasteiger charge is 2.32. The number of ether oxygens (including phenoxy) is 1. The second-order valence-electron chi connectivity index (χ2n) is 5.65. The summed E-state index contributed by atoms with van der Waals surface area (Å²) in [4.78, 5) is 0. The van der Waals surface area contributed by atoms with E-state index in [0.29, 0.717) is 5.54 Å². The fourth-order valence-corrected chi connectivity index (χ4v) is 4.36. The minimum Gasteiger partial charge on any atom is -0.497 e. The number of allylic oxidation sites excluding steroid dienone is 2. The average molecular weight is 232 g/mol. The smallest absolute Gasteiger partial charge is 0.119 e. The van der Waals surface area contributed by atoms with Crippen molar-refractivity contribution in [1.29, 1.82) is 0 Å². The highest BCUT2D eigenvalue weighted by atomic mass is 28.3. The van der Waals surface area contributed by atoms with Crippen molar-refractivity contribution in [2.24, 2.45) is 0 Å². The summed E-state index contributed by atoms with van der Waals surface area (Å²) in [6, 6.07) is 6.49. The minimum atomic E-state index is -1.16. The van der Waals surface area contributed by atoms with Crippen LogP contribution in [0, 0.1) is 0 Å². The molecule has 1 atom stereocenters. The second-order valence-corrected chi connectivity index (χ2v) is 11.0. The Hall–Kier alpha value is -1.02. The molecule has 1 aliphatic rings. The summed E-state index contributed by atoms with van der Waals surface area (Å²) in [7, 11) is 0.566. The fourth-order valence-electron chi connectivity index (χ4n) is 2.42. The van der Waals surface area contributed by atoms with E-state index in [9.17, 15) is 0 Å². The quantitative estimate of drug-likeness (QED) is 0.698. The zero-order valence-corrected chi connectivity index (χ0v) is 11.8. The summed E-state index contributed by atoms with van der Waals surface area (Å²) in [5, 5.41) is 0. The van der Waals surface area contributed by atoms with Gasteiger partial charge >= 0.3 is 0 Å². The first-order valence-electron chi connectivity index (χ1n) is 5.80. The molecular formula is C14H20OSi. The molecule has 1 aromatic carbocycles. The van der Waals surface area contributed by atoms with Crippen molar-refractivity contribution < 1.29 is 4.74 Å². The van der Waals surface area contributed by atoms with Gasteiger partial charge in [0.15, 0.2) is 0 Å². The molecule has 0 aromatic heterocycles. The maximum absolute atomic E-state index is 5.29. The maximum Gasteiger partial charge on any atom is 0.119 e. The predicted molar refractivity (Wildman–Crippen MR) is 72.7 cm³/mol. The average Bonchev–Trinajstić information content (AvgIpc) is 2.55. The van der Waals surface area contributed by atoms with Crippen LogP contribution >= 0.6 is 0 Å². The molecule has 1 nitrogen and oxygen atoms in total. The van der Waals surface area contributed by atoms with E-state index in [-0.39, 0.29) is 0 Å². The molecule has 0 aliphatic heterocycles. The molecule has 0 N–H and O–H groups in total. The topological polar surface area (TPSA) is 9.23 Å². The number of methoxy groups -OCH3 is 1. The van der Waals surface area contributed by atoms with E-state index in [0.717, 1.165) is 5.75 Å². The number of hydrogen-bond acceptors (Lipinski definition) is 1. The van der Waals surface area contributed by atoms with Gasteiger partial charge in [-0.25, -0.2) is 0 Å². The molecule has 86 valence electrons. The van der Waals surface area contributed by atoms with Crippen LogP contribution in [0.3, 0.4) is 0 Å². The van der Waals surface area contributed by atoms with Gasteiger partial charge in [0.25, 0.3) is 0 Å². The monoisotopic (exact) mass is 232 g/mol. The van der Waals surface area contributed by atoms with Crippen LogP contribution < -0.4 is 4.74 Å². The van der Waals surface area contributed by atoms with Crippen molar-refractivity contribution in [3.8, 4) is 5.75 Å². The number of hydrogen-bond donors (Lipinski definition) is 0. The summed E-state index contributed by atoms with van der Waals surface area (Å²) in [5.41, 5.74) is 4.94. The first-order chi connectivity index (χ1) is 7.43. The van der Waals surface area contributed by atoms with E-state index in [1.54, 1.807) is 7.11 Å². The van der Waals surface area contributed by atoms with Crippen molar-refractivity contribution >= 4 is 13.6 Å². The Kier molecular flexibility index (Phi) is 2.70. The lowest BCUT2D eigenvalue weighted by Gasteiger charge is -2.24. The second kappa shape index (κ2) is 3.77. The van der Waals surface area contributed by atoms with E-state index in [1.807, 2.05) is 0 Å². The van der Waals surface area contributed by atoms with Gasteiger partial charge in [0, 0.05) is 0 Å². The van der Waals surface area contributed by atoms with Gasteiger partial charge < -0.3 is 4.74 Å². The summed E-state index contributed by atoms with van der Waals surface area (Å²) in [5.74, 6) is 0.961. The third-order valence-corrected chi connectivity index (χ3v) is 5.71. The van der Waals surface area contributed by atoms with Crippen molar-refractivity contribution in [2.45, 2.75) is 32.1 Å². The van der Waals surface area contributed by atoms with Crippen LogP contribution in [0.4, 0.5) is 0 Å². The van der Waals surface area contributed by atoms with Crippen molar-refractivity contribution in [2.75, 3.05) is 7.11 Å². The van der Waals surface area contributed by atoms with E-state index >= 15 is 0 Å². The number of fused-ring (bicyclic) bond motifs is 1. The largest absolute Gasteiger partial charge is 0.497 e. The third kappa shape index (κ3) is 1.82. The summed E-state index contributed by atoms with van der Waals surface area (Å²) < 4.78 is 5.29. The van der Waals surface area contributed by atoms with Gasteiger partial charge in [0.2, 0.25) is 0 Å². The van der Waals surface area contributed by atoms with Crippen LogP contribution in [0.25, 0.3) is 5.57 Å². The first kappa shape index (κ1) is 11.5. The van der Waals surface area contributed by atoms with E-state index in [1.165, 1.54) is 16.7 Å². The Morgan fingerprint density at radius 2 is 1.88 bits per heavy atom. The van der Waals surface area contributed by atoms with Crippen molar-refractivity contribution in [3.05, 3.63) is 35.4 Å². The molecule has 0 spiro atoms. The van der Waals surface area contributed by atoms with Gasteiger partial charge in [-0.05, 0) is 41.3 Å². The first-order valence-corrected chi connectivity index (χ1v) is 9.38. The SMILES string of the molecule is COc1ccc2c(c1)C(C)=CC2[Si](C)(C)C. The predicted octanol–water partition coefficient (Wildman–Crippen LogP) is 4.07. The lowest BCUT2D eigenvalue weighted by atomic mass is 10.1. The van der Waals surface area contributed by atoms with Gasteiger partial charge in [-0.2, -0.15) is 0 Å². The molecular weight excluding hydrogens is 212 g/mol. The summed E-state index contributed by atoms with van der Waals surface area (Å²) in [6.45, 7) is 9.50. The third-order valence-electron chi connectivity index (χ3n) is 3.37. The number of rotatable bonds is 2. The lowest BCUT2D eigenvalue weighted by molar-refractivity contribution is 0.414. The van der Waals surface area contributed by atoms with Crippen LogP contribution in [0.5, 0.6) is 5.75 Å². The highest BCUT2D eigenvalue weighted by Crippen LogP contribution is 2.42. The molecule has 0 radical (unpaired) electrons. The van der Waals surface area contributed by atoms with E-state index in [2.05, 4.69) is 50.8 Å². The maximum atomic E-state index is 5.29. The molecule has 0 heterocycles. The minimum absolute atomic E-state index is 0.661. The molecule has 0 fully saturated rings. The standard InChI is InChI=1S/C14H20OSi/c1-10-8-14(16(3,4)5)12-7-6-11(15-2)9-13(10)12/h6-9,14H,1-5H3. The fraction of sp³-hybridized carbons (Fsp3) is 0.429. The van der Waals surface area contributed by atoms with Crippen LogP contribution in [-0.4, -0.2) is 15.2 Å². The Morgan fingerprint density at radius 1 is 1.19 bits per heavy atom. The van der Waals surface area contributed by atoms with Crippen molar-refractivity contribution in [1.82, 2.24) is 0 Å². The molecule has 0 saturated heterocycles. The normalized spacial score (nSPS) is 19.3. The molecule has 0 saturated carbocycles. The molecule has 1 unspecified atom stereocenters. The summed E-state index contributed by atoms with van der Waals surface area (Å²) >= 11 is 0. The molecule has 0 amide bonds. The van der Waals surface area contributed by atoms with Crippen LogP contribution in [0.2, 0.25) is 19.6 Å². The zero-order valence-electron chi connectivity index (χ0n) is 10.8. The van der Waals surface area contributed by atoms with E-state index in [4.69, 9.17) is 4.74 Å². The van der Waals surface area contributed by atoms with Gasteiger partial charge in [-0.1, -0.05) is 31.8 Å². The van der Waals surface area contributed by atoms with E-state index < -0.39 is 8.07 Å². The Balaban J connectivity index is 2.50. The number of benzene rings is 1. The van der Waals surface area contributed by atoms with Crippen LogP contribution in [0.15, 0.2) is 24.3 Å². The Morgan fingerprint density at radius 3 is 2.44 bits per heavy atom. The van der Waals surface area contributed by atoms with Gasteiger partial charge in [-0.3, -0.25) is 0 Å². The Bertz CT molecular complexity index is 441. The lowest BCUT2D eigenvalue weighted by Crippen LogP contribution is -2.28. The van der Waals surface area contributed by atoms with Crippen LogP contribution in [-0.2, 0) is 0 Å². The van der Waals surface area contributed by atoms with Crippen LogP contribution in [0.1, 0.15) is 23.6 Å².